The highest BCUT2D eigenvalue weighted by molar-refractivity contribution is 5.87. The molecule has 0 amide bonds. The molecule has 5 aliphatic carbocycles. The van der Waals surface area contributed by atoms with Crippen molar-refractivity contribution in [2.45, 2.75) is 112 Å². The number of carbonyl (C=O) groups excluding carboxylic acids is 1. The smallest absolute Gasteiger partial charge is 0.331 e. The largest absolute Gasteiger partial charge is 0.504 e. The molecule has 0 spiro atoms. The predicted octanol–water partition coefficient (Wildman–Crippen LogP) is 8.67. The summed E-state index contributed by atoms with van der Waals surface area (Å²) >= 11 is 0. The van der Waals surface area contributed by atoms with Crippen LogP contribution in [0.4, 0.5) is 0 Å². The van der Waals surface area contributed by atoms with Gasteiger partial charge < -0.3 is 20.1 Å². The second kappa shape index (κ2) is 10.6. The van der Waals surface area contributed by atoms with Gasteiger partial charge in [0.1, 0.15) is 6.10 Å². The Kier molecular flexibility index (Phi) is 7.67. The lowest BCUT2D eigenvalue weighted by atomic mass is 9.33. The SMILES string of the molecule is C[C@H]1[C@H](C)CC[C@]2(CO)CC[C@]3(C)C(=CC[C@@H]4[C@@]5(C)CC[C@H](OC(=O)/C=C/c6ccc(O)c(O)c6)C(C)(C)[C@@H]5CC[C@]43C)[C@H]12. The maximum atomic E-state index is 13.0. The Balaban J connectivity index is 1.25. The minimum atomic E-state index is -0.358. The van der Waals surface area contributed by atoms with E-state index in [1.807, 2.05) is 0 Å². The third-order valence-corrected chi connectivity index (χ3v) is 15.1. The quantitative estimate of drug-likeness (QED) is 0.139. The monoisotopic (exact) mass is 604 g/mol. The van der Waals surface area contributed by atoms with Gasteiger partial charge in [-0.05, 0) is 127 Å². The minimum absolute atomic E-state index is 0.0581. The first kappa shape index (κ1) is 31.7. The van der Waals surface area contributed by atoms with Gasteiger partial charge in [0.25, 0.3) is 0 Å². The van der Waals surface area contributed by atoms with Gasteiger partial charge in [-0.1, -0.05) is 66.2 Å². The Labute approximate surface area is 265 Å². The molecule has 242 valence electrons. The van der Waals surface area contributed by atoms with E-state index in [9.17, 15) is 20.1 Å². The van der Waals surface area contributed by atoms with Gasteiger partial charge >= 0.3 is 5.97 Å². The van der Waals surface area contributed by atoms with E-state index in [2.05, 4.69) is 54.5 Å². The maximum Gasteiger partial charge on any atom is 0.331 e. The van der Waals surface area contributed by atoms with E-state index in [-0.39, 0.29) is 50.6 Å². The van der Waals surface area contributed by atoms with E-state index in [0.29, 0.717) is 41.8 Å². The molecule has 5 aliphatic rings. The molecule has 4 saturated carbocycles. The first-order valence-electron chi connectivity index (χ1n) is 17.3. The second-order valence-electron chi connectivity index (χ2n) is 17.0. The zero-order valence-electron chi connectivity index (χ0n) is 28.2. The summed E-state index contributed by atoms with van der Waals surface area (Å²) in [7, 11) is 0. The van der Waals surface area contributed by atoms with Crippen molar-refractivity contribution < 1.29 is 24.9 Å². The lowest BCUT2D eigenvalue weighted by Crippen LogP contribution is -2.65. The average molecular weight is 605 g/mol. The number of rotatable bonds is 4. The fraction of sp³-hybridized carbons (Fsp3) is 0.718. The van der Waals surface area contributed by atoms with Crippen LogP contribution in [0.3, 0.4) is 0 Å². The van der Waals surface area contributed by atoms with Crippen LogP contribution < -0.4 is 0 Å². The standard InChI is InChI=1S/C39H56O5/c1-24-14-19-39(23-40)21-20-37(6)27(34(39)25(24)2)10-12-31-36(5)17-16-32(35(3,4)30(36)15-18-38(31,37)7)44-33(43)13-9-26-8-11-28(41)29(42)22-26/h8-11,13,22,24-25,30-32,34,40-42H,12,14-21,23H2,1-7H3/b13-9+/t24-,25+,30+,31-,32+,34+,36+,37-,38-,39-/m1/s1. The molecular weight excluding hydrogens is 548 g/mol. The van der Waals surface area contributed by atoms with Crippen LogP contribution >= 0.6 is 0 Å². The highest BCUT2D eigenvalue weighted by atomic mass is 16.5. The van der Waals surface area contributed by atoms with Crippen LogP contribution in [0, 0.1) is 56.7 Å². The summed E-state index contributed by atoms with van der Waals surface area (Å²) in [5.74, 6) is 2.09. The number of ether oxygens (including phenoxy) is 1. The summed E-state index contributed by atoms with van der Waals surface area (Å²) in [5.41, 5.74) is 2.76. The zero-order valence-corrected chi connectivity index (χ0v) is 28.2. The van der Waals surface area contributed by atoms with E-state index in [4.69, 9.17) is 4.74 Å². The number of carbonyl (C=O) groups is 1. The molecule has 1 aromatic rings. The number of esters is 1. The van der Waals surface area contributed by atoms with E-state index in [1.165, 1.54) is 37.5 Å². The van der Waals surface area contributed by atoms with Crippen LogP contribution in [-0.4, -0.2) is 34.0 Å². The van der Waals surface area contributed by atoms with Crippen molar-refractivity contribution in [3.63, 3.8) is 0 Å². The zero-order chi connectivity index (χ0) is 31.9. The molecule has 0 heterocycles. The van der Waals surface area contributed by atoms with Crippen LogP contribution in [-0.2, 0) is 9.53 Å². The molecule has 3 N–H and O–H groups in total. The van der Waals surface area contributed by atoms with Crippen LogP contribution in [0.5, 0.6) is 11.5 Å². The third kappa shape index (κ3) is 4.45. The Morgan fingerprint density at radius 2 is 1.68 bits per heavy atom. The third-order valence-electron chi connectivity index (χ3n) is 15.1. The second-order valence-corrected chi connectivity index (χ2v) is 17.0. The van der Waals surface area contributed by atoms with Crippen molar-refractivity contribution in [1.29, 1.82) is 0 Å². The molecule has 1 aromatic carbocycles. The lowest BCUT2D eigenvalue weighted by Gasteiger charge is -2.71. The summed E-state index contributed by atoms with van der Waals surface area (Å²) in [6.45, 7) is 17.6. The summed E-state index contributed by atoms with van der Waals surface area (Å²) < 4.78 is 6.17. The Bertz CT molecular complexity index is 1360. The molecule has 0 aliphatic heterocycles. The molecule has 0 unspecified atom stereocenters. The number of hydrogen-bond donors (Lipinski definition) is 3. The van der Waals surface area contributed by atoms with Crippen LogP contribution in [0.1, 0.15) is 112 Å². The lowest BCUT2D eigenvalue weighted by molar-refractivity contribution is -0.212. The summed E-state index contributed by atoms with van der Waals surface area (Å²) in [6, 6.07) is 4.51. The number of phenols is 2. The molecule has 0 saturated heterocycles. The maximum absolute atomic E-state index is 13.0. The van der Waals surface area contributed by atoms with Gasteiger partial charge in [0, 0.05) is 23.5 Å². The Hall–Kier alpha value is -2.27. The van der Waals surface area contributed by atoms with E-state index >= 15 is 0 Å². The number of benzene rings is 1. The van der Waals surface area contributed by atoms with Gasteiger partial charge in [0.2, 0.25) is 0 Å². The molecule has 0 radical (unpaired) electrons. The van der Waals surface area contributed by atoms with Crippen molar-refractivity contribution in [3.8, 4) is 11.5 Å². The number of aliphatic hydroxyl groups is 1. The van der Waals surface area contributed by atoms with Gasteiger partial charge in [-0.25, -0.2) is 4.79 Å². The predicted molar refractivity (Wildman–Crippen MR) is 175 cm³/mol. The molecule has 6 rings (SSSR count). The summed E-state index contributed by atoms with van der Waals surface area (Å²) in [4.78, 5) is 13.0. The Morgan fingerprint density at radius 3 is 2.39 bits per heavy atom. The normalized spacial score (nSPS) is 44.5. The highest BCUT2D eigenvalue weighted by Gasteiger charge is 2.68. The first-order valence-corrected chi connectivity index (χ1v) is 17.3. The van der Waals surface area contributed by atoms with Gasteiger partial charge in [0.05, 0.1) is 0 Å². The van der Waals surface area contributed by atoms with Crippen molar-refractivity contribution in [2.75, 3.05) is 6.61 Å². The number of fused-ring (bicyclic) bond motifs is 7. The van der Waals surface area contributed by atoms with E-state index < -0.39 is 0 Å². The number of aromatic hydroxyl groups is 2. The number of allylic oxidation sites excluding steroid dienone is 2. The number of aliphatic hydroxyl groups excluding tert-OH is 1. The fourth-order valence-electron chi connectivity index (χ4n) is 12.1. The van der Waals surface area contributed by atoms with Gasteiger partial charge in [-0.2, -0.15) is 0 Å². The van der Waals surface area contributed by atoms with E-state index in [0.717, 1.165) is 38.5 Å². The molecule has 5 nitrogen and oxygen atoms in total. The molecule has 10 atom stereocenters. The average Bonchev–Trinajstić information content (AvgIpc) is 2.97. The van der Waals surface area contributed by atoms with Gasteiger partial charge in [-0.3, -0.25) is 0 Å². The molecule has 0 bridgehead atoms. The topological polar surface area (TPSA) is 87.0 Å². The molecule has 5 heteroatoms. The van der Waals surface area contributed by atoms with Gasteiger partial charge in [-0.15, -0.1) is 0 Å². The molecule has 4 fully saturated rings. The summed E-state index contributed by atoms with van der Waals surface area (Å²) in [6.07, 6.45) is 15.7. The first-order chi connectivity index (χ1) is 20.6. The van der Waals surface area contributed by atoms with Crippen molar-refractivity contribution in [2.24, 2.45) is 56.7 Å². The van der Waals surface area contributed by atoms with Crippen molar-refractivity contribution >= 4 is 12.0 Å². The number of hydrogen-bond acceptors (Lipinski definition) is 5. The van der Waals surface area contributed by atoms with Crippen molar-refractivity contribution in [3.05, 3.63) is 41.5 Å². The molecule has 44 heavy (non-hydrogen) atoms. The van der Waals surface area contributed by atoms with E-state index in [1.54, 1.807) is 17.7 Å². The fourth-order valence-corrected chi connectivity index (χ4v) is 12.1. The van der Waals surface area contributed by atoms with Crippen LogP contribution in [0.15, 0.2) is 35.9 Å². The number of phenolic OH excluding ortho intramolecular Hbond substituents is 2. The summed E-state index contributed by atoms with van der Waals surface area (Å²) in [5, 5.41) is 30.2. The highest BCUT2D eigenvalue weighted by Crippen LogP contribution is 2.75. The minimum Gasteiger partial charge on any atom is -0.504 e. The van der Waals surface area contributed by atoms with Crippen molar-refractivity contribution in [1.82, 2.24) is 0 Å². The molecular formula is C39H56O5. The van der Waals surface area contributed by atoms with Crippen LogP contribution in [0.25, 0.3) is 6.08 Å². The van der Waals surface area contributed by atoms with Gasteiger partial charge in [0.15, 0.2) is 11.5 Å². The Morgan fingerprint density at radius 1 is 0.932 bits per heavy atom. The molecule has 0 aromatic heterocycles. The van der Waals surface area contributed by atoms with Crippen LogP contribution in [0.2, 0.25) is 0 Å².